The van der Waals surface area contributed by atoms with Crippen LogP contribution < -0.4 is 29.6 Å². The van der Waals surface area contributed by atoms with Gasteiger partial charge >= 0.3 is 29.6 Å². The second-order valence-electron chi connectivity index (χ2n) is 0.622. The van der Waals surface area contributed by atoms with E-state index in [0.29, 0.717) is 6.61 Å². The molecule has 0 aliphatic carbocycles. The van der Waals surface area contributed by atoms with Gasteiger partial charge < -0.3 is 11.3 Å². The average molecular weight is 100 g/mol. The molecule has 3 heteroatoms. The van der Waals surface area contributed by atoms with Crippen LogP contribution in [0.2, 0.25) is 0 Å². The summed E-state index contributed by atoms with van der Waals surface area (Å²) in [6, 6.07) is 0. The topological polar surface area (TPSA) is 29.5 Å². The Morgan fingerprint density at radius 1 is 1.83 bits per heavy atom. The van der Waals surface area contributed by atoms with Crippen LogP contribution in [0.5, 0.6) is 0 Å². The van der Waals surface area contributed by atoms with Gasteiger partial charge in [-0.2, -0.15) is 0 Å². The first-order valence-corrected chi connectivity index (χ1v) is 1.60. The molecule has 0 bridgehead atoms. The second-order valence-corrected chi connectivity index (χ2v) is 0.622. The van der Waals surface area contributed by atoms with Gasteiger partial charge in [-0.1, -0.05) is 0 Å². The Morgan fingerprint density at radius 3 is 2.33 bits per heavy atom. The summed E-state index contributed by atoms with van der Waals surface area (Å²) in [6.45, 7) is 2.27. The molecule has 1 N–H and O–H groups in total. The van der Waals surface area contributed by atoms with Crippen molar-refractivity contribution in [2.45, 2.75) is 6.92 Å². The van der Waals surface area contributed by atoms with E-state index < -0.39 is 0 Å². The van der Waals surface area contributed by atoms with Gasteiger partial charge in [0.05, 0.1) is 0 Å². The van der Waals surface area contributed by atoms with Crippen molar-refractivity contribution in [2.75, 3.05) is 13.4 Å². The van der Waals surface area contributed by atoms with Gasteiger partial charge in [0.1, 0.15) is 6.79 Å². The summed E-state index contributed by atoms with van der Waals surface area (Å²) < 4.78 is 4.39. The molecule has 6 heavy (non-hydrogen) atoms. The van der Waals surface area contributed by atoms with Crippen molar-refractivity contribution in [1.82, 2.24) is 0 Å². The van der Waals surface area contributed by atoms with Crippen molar-refractivity contribution in [3.05, 3.63) is 0 Å². The van der Waals surface area contributed by atoms with Gasteiger partial charge in [0.25, 0.3) is 0 Å². The van der Waals surface area contributed by atoms with E-state index in [1.165, 1.54) is 0 Å². The molecule has 0 spiro atoms. The van der Waals surface area contributed by atoms with Crippen LogP contribution in [0.25, 0.3) is 0 Å². The van der Waals surface area contributed by atoms with Crippen molar-refractivity contribution in [3.8, 4) is 0 Å². The maximum atomic E-state index is 7.84. The van der Waals surface area contributed by atoms with E-state index in [4.69, 9.17) is 5.11 Å². The molecular formula is C3H9NaO2. The van der Waals surface area contributed by atoms with Crippen molar-refractivity contribution in [3.63, 3.8) is 0 Å². The number of hydrogen-bond acceptors (Lipinski definition) is 2. The number of aliphatic hydroxyl groups excluding tert-OH is 1. The Kier molecular flexibility index (Phi) is 15.6. The predicted octanol–water partition coefficient (Wildman–Crippen LogP) is -2.91. The summed E-state index contributed by atoms with van der Waals surface area (Å²) in [4.78, 5) is 0. The van der Waals surface area contributed by atoms with Crippen molar-refractivity contribution in [2.24, 2.45) is 0 Å². The number of aliphatic hydroxyl groups is 1. The molecular weight excluding hydrogens is 91.0 g/mol. The summed E-state index contributed by atoms with van der Waals surface area (Å²) in [6.07, 6.45) is 0. The molecule has 0 fully saturated rings. The van der Waals surface area contributed by atoms with Crippen molar-refractivity contribution in [1.29, 1.82) is 0 Å². The molecule has 0 aromatic carbocycles. The van der Waals surface area contributed by atoms with E-state index in [1.54, 1.807) is 0 Å². The molecule has 0 unspecified atom stereocenters. The van der Waals surface area contributed by atoms with Gasteiger partial charge in [-0.15, -0.1) is 0 Å². The monoisotopic (exact) mass is 100 g/mol. The average Bonchev–Trinajstić information content (AvgIpc) is 1.41. The Balaban J connectivity index is -0.0000000800. The zero-order valence-electron chi connectivity index (χ0n) is 5.27. The van der Waals surface area contributed by atoms with E-state index in [0.717, 1.165) is 0 Å². The first kappa shape index (κ1) is 10.0. The molecule has 0 saturated heterocycles. The molecule has 0 radical (unpaired) electrons. The van der Waals surface area contributed by atoms with Gasteiger partial charge in [0.15, 0.2) is 0 Å². The fourth-order valence-electron chi connectivity index (χ4n) is 0.0913. The van der Waals surface area contributed by atoms with Crippen LogP contribution in [0, 0.1) is 0 Å². The molecule has 0 rings (SSSR count). The third kappa shape index (κ3) is 8.87. The Labute approximate surface area is 61.3 Å². The second kappa shape index (κ2) is 9.33. The quantitative estimate of drug-likeness (QED) is 0.298. The van der Waals surface area contributed by atoms with Crippen LogP contribution in [0.3, 0.4) is 0 Å². The zero-order chi connectivity index (χ0) is 4.12. The maximum Gasteiger partial charge on any atom is 1.00 e. The summed E-state index contributed by atoms with van der Waals surface area (Å²) in [5.41, 5.74) is 0. The Bertz CT molecular complexity index is 20.4. The number of ether oxygens (including phenoxy) is 1. The van der Waals surface area contributed by atoms with Crippen molar-refractivity contribution < 1.29 is 40.8 Å². The molecule has 0 atom stereocenters. The van der Waals surface area contributed by atoms with Gasteiger partial charge in [0.2, 0.25) is 0 Å². The molecule has 0 aromatic heterocycles. The molecule has 0 aliphatic heterocycles. The summed E-state index contributed by atoms with van der Waals surface area (Å²) in [7, 11) is 0. The number of hydrogen-bond donors (Lipinski definition) is 1. The third-order valence-electron chi connectivity index (χ3n) is 0.295. The molecule has 0 saturated carbocycles. The van der Waals surface area contributed by atoms with E-state index in [1.807, 2.05) is 6.92 Å². The fourth-order valence-corrected chi connectivity index (χ4v) is 0.0913. The molecule has 0 heterocycles. The predicted molar refractivity (Wildman–Crippen MR) is 19.8 cm³/mol. The Hall–Kier alpha value is 0.920. The number of rotatable bonds is 2. The smallest absolute Gasteiger partial charge is 1.00 e. The summed E-state index contributed by atoms with van der Waals surface area (Å²) >= 11 is 0. The third-order valence-corrected chi connectivity index (χ3v) is 0.295. The van der Waals surface area contributed by atoms with Gasteiger partial charge in [-0.3, -0.25) is 0 Å². The van der Waals surface area contributed by atoms with Crippen LogP contribution in [-0.4, -0.2) is 18.5 Å². The SMILES string of the molecule is CCOCO.[H-].[Na+]. The molecule has 0 amide bonds. The summed E-state index contributed by atoms with van der Waals surface area (Å²) in [5.74, 6) is 0. The largest absolute Gasteiger partial charge is 1.00 e. The van der Waals surface area contributed by atoms with Crippen LogP contribution >= 0.6 is 0 Å². The van der Waals surface area contributed by atoms with Gasteiger partial charge in [0, 0.05) is 6.61 Å². The van der Waals surface area contributed by atoms with Crippen molar-refractivity contribution >= 4 is 0 Å². The van der Waals surface area contributed by atoms with Crippen LogP contribution in [0.4, 0.5) is 0 Å². The van der Waals surface area contributed by atoms with Gasteiger partial charge in [-0.05, 0) is 6.92 Å². The van der Waals surface area contributed by atoms with Crippen LogP contribution in [-0.2, 0) is 4.74 Å². The first-order chi connectivity index (χ1) is 2.41. The molecule has 0 aliphatic rings. The minimum absolute atomic E-state index is 0. The zero-order valence-corrected chi connectivity index (χ0v) is 6.27. The first-order valence-electron chi connectivity index (χ1n) is 1.60. The van der Waals surface area contributed by atoms with E-state index in [-0.39, 0.29) is 37.8 Å². The van der Waals surface area contributed by atoms with Gasteiger partial charge in [-0.25, -0.2) is 0 Å². The summed E-state index contributed by atoms with van der Waals surface area (Å²) in [5, 5.41) is 7.84. The van der Waals surface area contributed by atoms with Crippen LogP contribution in [0.15, 0.2) is 0 Å². The van der Waals surface area contributed by atoms with Crippen LogP contribution in [0.1, 0.15) is 8.35 Å². The fraction of sp³-hybridized carbons (Fsp3) is 1.00. The minimum atomic E-state index is -0.156. The molecule has 2 nitrogen and oxygen atoms in total. The van der Waals surface area contributed by atoms with E-state index in [9.17, 15) is 0 Å². The Morgan fingerprint density at radius 2 is 2.33 bits per heavy atom. The minimum Gasteiger partial charge on any atom is -1.00 e. The normalized spacial score (nSPS) is 7.00. The maximum absolute atomic E-state index is 7.84. The van der Waals surface area contributed by atoms with E-state index in [2.05, 4.69) is 4.74 Å². The molecule has 34 valence electrons. The standard InChI is InChI=1S/C3H8O2.Na.H/c1-2-5-3-4;;/h4H,2-3H2,1H3;;/q;+1;-1. The van der Waals surface area contributed by atoms with E-state index >= 15 is 0 Å². The molecule has 0 aromatic rings.